The van der Waals surface area contributed by atoms with Crippen molar-refractivity contribution < 1.29 is 4.79 Å². The van der Waals surface area contributed by atoms with Gasteiger partial charge in [-0.05, 0) is 29.4 Å². The van der Waals surface area contributed by atoms with Crippen LogP contribution in [0.4, 0.5) is 0 Å². The second-order valence-electron chi connectivity index (χ2n) is 5.14. The molecule has 0 fully saturated rings. The Bertz CT molecular complexity index is 630. The average molecular weight is 298 g/mol. The van der Waals surface area contributed by atoms with E-state index in [-0.39, 0.29) is 11.9 Å². The van der Waals surface area contributed by atoms with Crippen molar-refractivity contribution in [3.63, 3.8) is 0 Å². The van der Waals surface area contributed by atoms with Crippen LogP contribution in [0.15, 0.2) is 59.5 Å². The number of fused-ring (bicyclic) bond motifs is 1. The first-order chi connectivity index (χ1) is 10.3. The van der Waals surface area contributed by atoms with Crippen LogP contribution in [0.1, 0.15) is 29.6 Å². The van der Waals surface area contributed by atoms with E-state index in [4.69, 9.17) is 5.73 Å². The van der Waals surface area contributed by atoms with Crippen molar-refractivity contribution in [2.24, 2.45) is 5.73 Å². The van der Waals surface area contributed by atoms with Gasteiger partial charge in [0, 0.05) is 10.9 Å². The molecule has 4 heteroatoms. The minimum absolute atomic E-state index is 0.167. The number of carbonyl (C=O) groups excluding carboxylic acids is 1. The fraction of sp³-hybridized carbons (Fsp3) is 0.235. The first kappa shape index (κ1) is 14.2. The SMILES string of the molecule is NC(=O)C(NC1CCSc2ccccc21)c1ccccc1. The van der Waals surface area contributed by atoms with Gasteiger partial charge in [0.15, 0.2) is 0 Å². The maximum Gasteiger partial charge on any atom is 0.239 e. The summed E-state index contributed by atoms with van der Waals surface area (Å²) in [5, 5.41) is 3.44. The molecular weight excluding hydrogens is 280 g/mol. The predicted octanol–water partition coefficient (Wildman–Crippen LogP) is 3.04. The molecule has 1 aliphatic heterocycles. The lowest BCUT2D eigenvalue weighted by Gasteiger charge is -2.29. The standard InChI is InChI=1S/C17H18N2OS/c18-17(20)16(12-6-2-1-3-7-12)19-14-10-11-21-15-9-5-4-8-13(14)15/h1-9,14,16,19H,10-11H2,(H2,18,20). The molecule has 0 aliphatic carbocycles. The average Bonchev–Trinajstić information content (AvgIpc) is 2.53. The van der Waals surface area contributed by atoms with E-state index in [1.54, 1.807) is 0 Å². The topological polar surface area (TPSA) is 55.1 Å². The molecule has 1 aliphatic rings. The Hall–Kier alpha value is -1.78. The summed E-state index contributed by atoms with van der Waals surface area (Å²) in [5.41, 5.74) is 7.78. The molecule has 21 heavy (non-hydrogen) atoms. The minimum atomic E-state index is -0.452. The van der Waals surface area contributed by atoms with Crippen molar-refractivity contribution in [3.8, 4) is 0 Å². The van der Waals surface area contributed by atoms with Gasteiger partial charge in [-0.3, -0.25) is 10.1 Å². The van der Waals surface area contributed by atoms with Crippen molar-refractivity contribution in [2.75, 3.05) is 5.75 Å². The first-order valence-electron chi connectivity index (χ1n) is 7.08. The highest BCUT2D eigenvalue weighted by molar-refractivity contribution is 7.99. The van der Waals surface area contributed by atoms with Gasteiger partial charge in [-0.2, -0.15) is 0 Å². The Labute approximate surface area is 128 Å². The fourth-order valence-electron chi connectivity index (χ4n) is 2.70. The lowest BCUT2D eigenvalue weighted by molar-refractivity contribution is -0.120. The molecule has 3 N–H and O–H groups in total. The Balaban J connectivity index is 1.86. The molecule has 3 rings (SSSR count). The van der Waals surface area contributed by atoms with Crippen LogP contribution < -0.4 is 11.1 Å². The zero-order valence-electron chi connectivity index (χ0n) is 11.7. The molecule has 2 aromatic rings. The number of benzene rings is 2. The van der Waals surface area contributed by atoms with Gasteiger partial charge in [0.1, 0.15) is 6.04 Å². The molecular formula is C17H18N2OS. The summed E-state index contributed by atoms with van der Waals surface area (Å²) in [5.74, 6) is 0.714. The third-order valence-electron chi connectivity index (χ3n) is 3.74. The second kappa shape index (κ2) is 6.33. The number of nitrogens with two attached hydrogens (primary N) is 1. The lowest BCUT2D eigenvalue weighted by Crippen LogP contribution is -2.37. The zero-order chi connectivity index (χ0) is 14.7. The molecule has 2 aromatic carbocycles. The number of nitrogens with one attached hydrogen (secondary N) is 1. The van der Waals surface area contributed by atoms with E-state index in [9.17, 15) is 4.79 Å². The van der Waals surface area contributed by atoms with Crippen molar-refractivity contribution in [2.45, 2.75) is 23.4 Å². The van der Waals surface area contributed by atoms with E-state index in [1.165, 1.54) is 10.5 Å². The van der Waals surface area contributed by atoms with E-state index in [1.807, 2.05) is 48.2 Å². The minimum Gasteiger partial charge on any atom is -0.368 e. The smallest absolute Gasteiger partial charge is 0.239 e. The fourth-order valence-corrected chi connectivity index (χ4v) is 3.83. The van der Waals surface area contributed by atoms with E-state index in [0.717, 1.165) is 17.7 Å². The summed E-state index contributed by atoms with van der Waals surface area (Å²) in [6.45, 7) is 0. The largest absolute Gasteiger partial charge is 0.368 e. The van der Waals surface area contributed by atoms with E-state index in [2.05, 4.69) is 23.5 Å². The Morgan fingerprint density at radius 1 is 1.14 bits per heavy atom. The van der Waals surface area contributed by atoms with Crippen LogP contribution in [-0.4, -0.2) is 11.7 Å². The van der Waals surface area contributed by atoms with Crippen molar-refractivity contribution >= 4 is 17.7 Å². The van der Waals surface area contributed by atoms with Crippen LogP contribution in [0.5, 0.6) is 0 Å². The molecule has 0 bridgehead atoms. The maximum atomic E-state index is 11.8. The van der Waals surface area contributed by atoms with E-state index in [0.29, 0.717) is 0 Å². The van der Waals surface area contributed by atoms with Crippen LogP contribution in [-0.2, 0) is 4.79 Å². The molecule has 0 saturated carbocycles. The van der Waals surface area contributed by atoms with Crippen molar-refractivity contribution in [1.82, 2.24) is 5.32 Å². The molecule has 1 amide bonds. The van der Waals surface area contributed by atoms with E-state index < -0.39 is 6.04 Å². The maximum absolute atomic E-state index is 11.8. The Morgan fingerprint density at radius 2 is 1.86 bits per heavy atom. The van der Waals surface area contributed by atoms with Crippen LogP contribution in [0, 0.1) is 0 Å². The van der Waals surface area contributed by atoms with Crippen LogP contribution in [0.2, 0.25) is 0 Å². The molecule has 108 valence electrons. The highest BCUT2D eigenvalue weighted by Crippen LogP contribution is 2.37. The van der Waals surface area contributed by atoms with Crippen molar-refractivity contribution in [1.29, 1.82) is 0 Å². The second-order valence-corrected chi connectivity index (χ2v) is 6.28. The summed E-state index contributed by atoms with van der Waals surface area (Å²) in [6, 6.07) is 17.7. The van der Waals surface area contributed by atoms with Gasteiger partial charge < -0.3 is 5.73 Å². The number of thioether (sulfide) groups is 1. The van der Waals surface area contributed by atoms with Crippen molar-refractivity contribution in [3.05, 3.63) is 65.7 Å². The third-order valence-corrected chi connectivity index (χ3v) is 4.87. The Kier molecular flexibility index (Phi) is 4.27. The van der Waals surface area contributed by atoms with Crippen LogP contribution in [0.3, 0.4) is 0 Å². The van der Waals surface area contributed by atoms with Gasteiger partial charge in [-0.25, -0.2) is 0 Å². The first-order valence-corrected chi connectivity index (χ1v) is 8.06. The molecule has 2 atom stereocenters. The molecule has 0 spiro atoms. The zero-order valence-corrected chi connectivity index (χ0v) is 12.5. The number of hydrogen-bond donors (Lipinski definition) is 2. The highest BCUT2D eigenvalue weighted by Gasteiger charge is 2.26. The predicted molar refractivity (Wildman–Crippen MR) is 86.0 cm³/mol. The highest BCUT2D eigenvalue weighted by atomic mass is 32.2. The van der Waals surface area contributed by atoms with Crippen LogP contribution >= 0.6 is 11.8 Å². The summed E-state index contributed by atoms with van der Waals surface area (Å²) >= 11 is 1.87. The number of amides is 1. The molecule has 2 unspecified atom stereocenters. The van der Waals surface area contributed by atoms with E-state index >= 15 is 0 Å². The number of primary amides is 1. The van der Waals surface area contributed by atoms with Gasteiger partial charge in [0.25, 0.3) is 0 Å². The Morgan fingerprint density at radius 3 is 2.62 bits per heavy atom. The number of rotatable bonds is 4. The summed E-state index contributed by atoms with van der Waals surface area (Å²) in [7, 11) is 0. The quantitative estimate of drug-likeness (QED) is 0.912. The molecule has 0 saturated heterocycles. The summed E-state index contributed by atoms with van der Waals surface area (Å²) in [4.78, 5) is 13.1. The van der Waals surface area contributed by atoms with Gasteiger partial charge in [-0.1, -0.05) is 48.5 Å². The lowest BCUT2D eigenvalue weighted by atomic mass is 9.99. The van der Waals surface area contributed by atoms with Gasteiger partial charge in [0.05, 0.1) is 0 Å². The molecule has 0 aromatic heterocycles. The third kappa shape index (κ3) is 3.12. The molecule has 0 radical (unpaired) electrons. The normalized spacial score (nSPS) is 18.8. The van der Waals surface area contributed by atoms with Gasteiger partial charge >= 0.3 is 0 Å². The molecule has 1 heterocycles. The summed E-state index contributed by atoms with van der Waals surface area (Å²) in [6.07, 6.45) is 0.998. The monoisotopic (exact) mass is 298 g/mol. The number of carbonyl (C=O) groups is 1. The van der Waals surface area contributed by atoms with Gasteiger partial charge in [-0.15, -0.1) is 11.8 Å². The molecule has 3 nitrogen and oxygen atoms in total. The number of hydrogen-bond acceptors (Lipinski definition) is 3. The van der Waals surface area contributed by atoms with Crippen LogP contribution in [0.25, 0.3) is 0 Å². The summed E-state index contributed by atoms with van der Waals surface area (Å²) < 4.78 is 0. The van der Waals surface area contributed by atoms with Gasteiger partial charge in [0.2, 0.25) is 5.91 Å².